The molecular weight excluding hydrogens is 263 g/mol. The van der Waals surface area contributed by atoms with Crippen LogP contribution in [-0.4, -0.2) is 5.97 Å². The molecule has 0 saturated heterocycles. The molecule has 0 aliphatic rings. The van der Waals surface area contributed by atoms with Gasteiger partial charge in [0.05, 0.1) is 5.56 Å². The van der Waals surface area contributed by atoms with Crippen molar-refractivity contribution in [3.63, 3.8) is 0 Å². The third-order valence-electron chi connectivity index (χ3n) is 2.72. The molecule has 1 unspecified atom stereocenters. The van der Waals surface area contributed by atoms with Crippen molar-refractivity contribution >= 4 is 18.6 Å². The van der Waals surface area contributed by atoms with Gasteiger partial charge >= 0.3 is 5.97 Å². The van der Waals surface area contributed by atoms with Crippen LogP contribution in [0.25, 0.3) is 0 Å². The number of benzene rings is 2. The van der Waals surface area contributed by atoms with Gasteiger partial charge in [-0.2, -0.15) is 0 Å². The quantitative estimate of drug-likeness (QED) is 0.676. The molecule has 0 aliphatic heterocycles. The van der Waals surface area contributed by atoms with Gasteiger partial charge in [0.15, 0.2) is 0 Å². The Bertz CT molecular complexity index is 584. The Morgan fingerprint density at radius 1 is 1.21 bits per heavy atom. The van der Waals surface area contributed by atoms with E-state index < -0.39 is 17.9 Å². The zero-order valence-corrected chi connectivity index (χ0v) is 11.2. The second-order valence-corrected chi connectivity index (χ2v) is 4.64. The number of hydrogen-bond donors (Lipinski definition) is 1. The molecule has 0 N–H and O–H groups in total. The summed E-state index contributed by atoms with van der Waals surface area (Å²) in [5.41, 5.74) is 0.758. The maximum atomic E-state index is 13.5. The van der Waals surface area contributed by atoms with Crippen LogP contribution in [0.15, 0.2) is 53.4 Å². The molecule has 2 rings (SSSR count). The number of hydrogen-bond acceptors (Lipinski definition) is 3. The average molecular weight is 276 g/mol. The first-order valence-electron chi connectivity index (χ1n) is 5.82. The molecule has 0 amide bonds. The van der Waals surface area contributed by atoms with Gasteiger partial charge in [0.25, 0.3) is 0 Å². The standard InChI is InChI=1S/C15H13FO2S/c1-10(11-5-3-2-4-6-11)18-15(17)13-9-12(19)7-8-14(13)16/h2-10,19H,1H3. The lowest BCUT2D eigenvalue weighted by Gasteiger charge is -2.14. The number of carbonyl (C=O) groups excluding carboxylic acids is 1. The largest absolute Gasteiger partial charge is 0.454 e. The fourth-order valence-corrected chi connectivity index (χ4v) is 1.89. The van der Waals surface area contributed by atoms with Crippen LogP contribution < -0.4 is 0 Å². The van der Waals surface area contributed by atoms with Crippen molar-refractivity contribution in [2.75, 3.05) is 0 Å². The van der Waals surface area contributed by atoms with Crippen molar-refractivity contribution in [2.45, 2.75) is 17.9 Å². The van der Waals surface area contributed by atoms with Crippen molar-refractivity contribution < 1.29 is 13.9 Å². The van der Waals surface area contributed by atoms with E-state index in [0.29, 0.717) is 4.90 Å². The Hall–Kier alpha value is -1.81. The number of carbonyl (C=O) groups is 1. The van der Waals surface area contributed by atoms with Crippen molar-refractivity contribution in [1.82, 2.24) is 0 Å². The molecule has 19 heavy (non-hydrogen) atoms. The smallest absolute Gasteiger partial charge is 0.341 e. The van der Waals surface area contributed by atoms with Crippen LogP contribution in [0.3, 0.4) is 0 Å². The molecule has 0 heterocycles. The van der Waals surface area contributed by atoms with Crippen LogP contribution in [0.2, 0.25) is 0 Å². The minimum absolute atomic E-state index is 0.102. The van der Waals surface area contributed by atoms with E-state index in [1.165, 1.54) is 18.2 Å². The lowest BCUT2D eigenvalue weighted by Crippen LogP contribution is -2.11. The Kier molecular flexibility index (Phi) is 4.22. The number of esters is 1. The summed E-state index contributed by atoms with van der Waals surface area (Å²) < 4.78 is 18.8. The maximum Gasteiger partial charge on any atom is 0.341 e. The minimum Gasteiger partial charge on any atom is -0.454 e. The molecule has 0 spiro atoms. The SMILES string of the molecule is CC(OC(=O)c1cc(S)ccc1F)c1ccccc1. The molecule has 2 aromatic carbocycles. The van der Waals surface area contributed by atoms with Crippen LogP contribution in [0.4, 0.5) is 4.39 Å². The molecule has 0 radical (unpaired) electrons. The highest BCUT2D eigenvalue weighted by molar-refractivity contribution is 7.80. The van der Waals surface area contributed by atoms with Crippen molar-refractivity contribution in [3.8, 4) is 0 Å². The van der Waals surface area contributed by atoms with Gasteiger partial charge in [-0.1, -0.05) is 30.3 Å². The van der Waals surface area contributed by atoms with Crippen molar-refractivity contribution in [1.29, 1.82) is 0 Å². The molecule has 4 heteroatoms. The number of rotatable bonds is 3. The Balaban J connectivity index is 2.15. The first-order valence-corrected chi connectivity index (χ1v) is 6.27. The number of thiol groups is 1. The minimum atomic E-state index is -0.690. The molecule has 0 aromatic heterocycles. The van der Waals surface area contributed by atoms with E-state index in [1.807, 2.05) is 30.3 Å². The van der Waals surface area contributed by atoms with E-state index in [9.17, 15) is 9.18 Å². The maximum absolute atomic E-state index is 13.5. The third-order valence-corrected chi connectivity index (χ3v) is 3.00. The van der Waals surface area contributed by atoms with Gasteiger partial charge in [-0.15, -0.1) is 12.6 Å². The molecule has 0 aliphatic carbocycles. The molecule has 98 valence electrons. The number of halogens is 1. The second kappa shape index (κ2) is 5.89. The third kappa shape index (κ3) is 3.35. The van der Waals surface area contributed by atoms with E-state index >= 15 is 0 Å². The molecule has 2 aromatic rings. The molecule has 2 nitrogen and oxygen atoms in total. The van der Waals surface area contributed by atoms with E-state index in [1.54, 1.807) is 6.92 Å². The van der Waals surface area contributed by atoms with Gasteiger partial charge < -0.3 is 4.74 Å². The fourth-order valence-electron chi connectivity index (χ4n) is 1.69. The highest BCUT2D eigenvalue weighted by Gasteiger charge is 2.17. The lowest BCUT2D eigenvalue weighted by molar-refractivity contribution is 0.0332. The van der Waals surface area contributed by atoms with Gasteiger partial charge in [0.2, 0.25) is 0 Å². The zero-order chi connectivity index (χ0) is 13.8. The summed E-state index contributed by atoms with van der Waals surface area (Å²) in [6.07, 6.45) is -0.434. The van der Waals surface area contributed by atoms with E-state index in [0.717, 1.165) is 5.56 Å². The summed E-state index contributed by atoms with van der Waals surface area (Å²) in [7, 11) is 0. The van der Waals surface area contributed by atoms with Crippen LogP contribution in [-0.2, 0) is 4.74 Å². The van der Waals surface area contributed by atoms with E-state index in [4.69, 9.17) is 4.74 Å². The average Bonchev–Trinajstić information content (AvgIpc) is 2.42. The summed E-state index contributed by atoms with van der Waals surface area (Å²) in [6, 6.07) is 13.3. The number of ether oxygens (including phenoxy) is 1. The predicted octanol–water partition coefficient (Wildman–Crippen LogP) is 4.03. The Morgan fingerprint density at radius 2 is 1.89 bits per heavy atom. The highest BCUT2D eigenvalue weighted by Crippen LogP contribution is 2.20. The monoisotopic (exact) mass is 276 g/mol. The van der Waals surface area contributed by atoms with E-state index in [2.05, 4.69) is 12.6 Å². The Labute approximate surface area is 116 Å². The first kappa shape index (κ1) is 13.6. The molecule has 0 fully saturated rings. The second-order valence-electron chi connectivity index (χ2n) is 4.12. The fraction of sp³-hybridized carbons (Fsp3) is 0.133. The van der Waals surface area contributed by atoms with E-state index in [-0.39, 0.29) is 5.56 Å². The summed E-state index contributed by atoms with van der Waals surface area (Å²) in [4.78, 5) is 12.4. The van der Waals surface area contributed by atoms with Gasteiger partial charge in [0, 0.05) is 4.90 Å². The van der Waals surface area contributed by atoms with Crippen LogP contribution in [0.5, 0.6) is 0 Å². The summed E-state index contributed by atoms with van der Waals surface area (Å²) >= 11 is 4.08. The van der Waals surface area contributed by atoms with Gasteiger partial charge in [-0.3, -0.25) is 0 Å². The predicted molar refractivity (Wildman–Crippen MR) is 73.9 cm³/mol. The van der Waals surface area contributed by atoms with Crippen molar-refractivity contribution in [2.24, 2.45) is 0 Å². The van der Waals surface area contributed by atoms with Crippen LogP contribution in [0, 0.1) is 5.82 Å². The topological polar surface area (TPSA) is 26.3 Å². The molecule has 1 atom stereocenters. The normalized spacial score (nSPS) is 11.9. The summed E-state index contributed by atoms with van der Waals surface area (Å²) in [5.74, 6) is -1.30. The van der Waals surface area contributed by atoms with Gasteiger partial charge in [-0.25, -0.2) is 9.18 Å². The molecular formula is C15H13FO2S. The van der Waals surface area contributed by atoms with Crippen LogP contribution in [0.1, 0.15) is 28.9 Å². The summed E-state index contributed by atoms with van der Waals surface area (Å²) in [5, 5.41) is 0. The highest BCUT2D eigenvalue weighted by atomic mass is 32.1. The lowest BCUT2D eigenvalue weighted by atomic mass is 10.1. The van der Waals surface area contributed by atoms with Gasteiger partial charge in [0.1, 0.15) is 11.9 Å². The Morgan fingerprint density at radius 3 is 2.58 bits per heavy atom. The first-order chi connectivity index (χ1) is 9.08. The summed E-state index contributed by atoms with van der Waals surface area (Å²) in [6.45, 7) is 1.75. The molecule has 0 saturated carbocycles. The van der Waals surface area contributed by atoms with Crippen molar-refractivity contribution in [3.05, 3.63) is 65.5 Å². The van der Waals surface area contributed by atoms with Gasteiger partial charge in [-0.05, 0) is 30.7 Å². The zero-order valence-electron chi connectivity index (χ0n) is 10.3. The van der Waals surface area contributed by atoms with Crippen LogP contribution >= 0.6 is 12.6 Å². The molecule has 0 bridgehead atoms.